The number of nitrogens with one attached hydrogen (secondary N) is 1. The van der Waals surface area contributed by atoms with Crippen molar-refractivity contribution >= 4 is 40.3 Å². The van der Waals surface area contributed by atoms with Crippen LogP contribution in [0.2, 0.25) is 0 Å². The number of nitrogens with zero attached hydrogens (tertiary/aromatic N) is 3. The summed E-state index contributed by atoms with van der Waals surface area (Å²) >= 11 is 0.840. The van der Waals surface area contributed by atoms with Gasteiger partial charge in [0.25, 0.3) is 11.6 Å². The minimum absolute atomic E-state index is 0.0395. The maximum absolute atomic E-state index is 12.0. The van der Waals surface area contributed by atoms with Gasteiger partial charge in [0.15, 0.2) is 5.52 Å². The van der Waals surface area contributed by atoms with Gasteiger partial charge in [-0.15, -0.1) is 0 Å². The normalized spacial score (nSPS) is 10.5. The molecule has 0 fully saturated rings. The van der Waals surface area contributed by atoms with Gasteiger partial charge in [0.1, 0.15) is 5.52 Å². The first kappa shape index (κ1) is 15.8. The molecule has 0 bridgehead atoms. The van der Waals surface area contributed by atoms with Crippen LogP contribution in [0.25, 0.3) is 11.0 Å². The Labute approximate surface area is 128 Å². The number of fused-ring (bicyclic) bond motifs is 1. The summed E-state index contributed by atoms with van der Waals surface area (Å²) < 4.78 is 7.76. The van der Waals surface area contributed by atoms with Crippen LogP contribution in [0.15, 0.2) is 12.1 Å². The first-order chi connectivity index (χ1) is 10.5. The summed E-state index contributed by atoms with van der Waals surface area (Å²) in [5.41, 5.74) is 0.329. The van der Waals surface area contributed by atoms with Gasteiger partial charge in [-0.2, -0.15) is 8.75 Å². The molecule has 1 aromatic heterocycles. The molecule has 0 saturated heterocycles. The summed E-state index contributed by atoms with van der Waals surface area (Å²) in [6, 6.07) is 2.61. The maximum atomic E-state index is 12.0. The number of carboxylic acid groups (broad SMARTS) is 1. The fraction of sp³-hybridized carbons (Fsp3) is 0.333. The molecule has 116 valence electrons. The zero-order chi connectivity index (χ0) is 16.1. The third-order valence-corrected chi connectivity index (χ3v) is 3.45. The van der Waals surface area contributed by atoms with Gasteiger partial charge in [0.2, 0.25) is 0 Å². The maximum Gasteiger partial charge on any atom is 0.303 e. The van der Waals surface area contributed by atoms with Crippen LogP contribution in [-0.4, -0.2) is 37.2 Å². The quantitative estimate of drug-likeness (QED) is 0.448. The van der Waals surface area contributed by atoms with Gasteiger partial charge in [0, 0.05) is 24.6 Å². The Morgan fingerprint density at radius 1 is 1.32 bits per heavy atom. The summed E-state index contributed by atoms with van der Waals surface area (Å²) in [7, 11) is 0. The second-order valence-corrected chi connectivity index (χ2v) is 5.02. The number of non-ortho nitro benzene ring substituents is 1. The number of aliphatic carboxylic acids is 1. The average Bonchev–Trinajstić information content (AvgIpc) is 2.93. The number of nitro groups is 1. The minimum Gasteiger partial charge on any atom is -0.481 e. The van der Waals surface area contributed by atoms with E-state index in [0.717, 1.165) is 17.8 Å². The van der Waals surface area contributed by atoms with Crippen LogP contribution in [0.3, 0.4) is 0 Å². The Bertz CT molecular complexity index is 729. The van der Waals surface area contributed by atoms with Crippen molar-refractivity contribution in [2.45, 2.75) is 19.3 Å². The first-order valence-corrected chi connectivity index (χ1v) is 7.13. The number of hydrogen-bond acceptors (Lipinski definition) is 7. The zero-order valence-corrected chi connectivity index (χ0v) is 12.1. The molecule has 0 spiro atoms. The fourth-order valence-corrected chi connectivity index (χ4v) is 2.38. The minimum atomic E-state index is -0.886. The smallest absolute Gasteiger partial charge is 0.303 e. The van der Waals surface area contributed by atoms with E-state index in [0.29, 0.717) is 24.9 Å². The summed E-state index contributed by atoms with van der Waals surface area (Å²) in [4.78, 5) is 32.7. The molecule has 2 rings (SSSR count). The van der Waals surface area contributed by atoms with Gasteiger partial charge in [-0.05, 0) is 18.9 Å². The number of unbranched alkanes of at least 4 members (excludes halogenated alkanes) is 1. The van der Waals surface area contributed by atoms with E-state index >= 15 is 0 Å². The van der Waals surface area contributed by atoms with Crippen LogP contribution >= 0.6 is 11.7 Å². The van der Waals surface area contributed by atoms with Crippen molar-refractivity contribution in [1.82, 2.24) is 14.1 Å². The van der Waals surface area contributed by atoms with Crippen LogP contribution in [0.1, 0.15) is 29.6 Å². The highest BCUT2D eigenvalue weighted by atomic mass is 32.1. The van der Waals surface area contributed by atoms with Gasteiger partial charge < -0.3 is 10.4 Å². The van der Waals surface area contributed by atoms with Crippen molar-refractivity contribution in [2.24, 2.45) is 0 Å². The Kier molecular flexibility index (Phi) is 4.94. The number of carbonyl (C=O) groups excluding carboxylic acids is 1. The van der Waals surface area contributed by atoms with Crippen molar-refractivity contribution in [3.8, 4) is 0 Å². The number of nitro benzene ring substituents is 1. The lowest BCUT2D eigenvalue weighted by Gasteiger charge is -2.04. The number of aromatic nitrogens is 2. The van der Waals surface area contributed by atoms with E-state index in [1.165, 1.54) is 6.07 Å². The molecule has 1 amide bonds. The van der Waals surface area contributed by atoms with Crippen LogP contribution < -0.4 is 5.32 Å². The molecule has 9 nitrogen and oxygen atoms in total. The number of benzene rings is 1. The van der Waals surface area contributed by atoms with E-state index in [1.54, 1.807) is 0 Å². The topological polar surface area (TPSA) is 135 Å². The Balaban J connectivity index is 2.05. The van der Waals surface area contributed by atoms with Crippen molar-refractivity contribution in [2.75, 3.05) is 6.54 Å². The zero-order valence-electron chi connectivity index (χ0n) is 11.3. The highest BCUT2D eigenvalue weighted by Crippen LogP contribution is 2.25. The molecular weight excluding hydrogens is 312 g/mol. The molecule has 1 aromatic carbocycles. The van der Waals surface area contributed by atoms with E-state index in [2.05, 4.69) is 14.1 Å². The predicted molar refractivity (Wildman–Crippen MR) is 77.9 cm³/mol. The molecule has 0 radical (unpaired) electrons. The lowest BCUT2D eigenvalue weighted by atomic mass is 10.1. The molecule has 2 aromatic rings. The van der Waals surface area contributed by atoms with E-state index in [4.69, 9.17) is 5.11 Å². The van der Waals surface area contributed by atoms with Crippen LogP contribution in [-0.2, 0) is 4.79 Å². The molecule has 1 heterocycles. The lowest BCUT2D eigenvalue weighted by molar-refractivity contribution is -0.383. The van der Waals surface area contributed by atoms with Gasteiger partial charge in [0.05, 0.1) is 16.7 Å². The van der Waals surface area contributed by atoms with Gasteiger partial charge >= 0.3 is 5.97 Å². The monoisotopic (exact) mass is 324 g/mol. The first-order valence-electron chi connectivity index (χ1n) is 6.39. The third-order valence-electron chi connectivity index (χ3n) is 2.90. The van der Waals surface area contributed by atoms with Crippen molar-refractivity contribution in [3.05, 3.63) is 27.8 Å². The third kappa shape index (κ3) is 3.73. The molecule has 0 aliphatic carbocycles. The van der Waals surface area contributed by atoms with Gasteiger partial charge in [-0.25, -0.2) is 0 Å². The summed E-state index contributed by atoms with van der Waals surface area (Å²) in [5, 5.41) is 22.1. The molecule has 0 unspecified atom stereocenters. The second kappa shape index (κ2) is 6.89. The van der Waals surface area contributed by atoms with E-state index in [1.807, 2.05) is 0 Å². The van der Waals surface area contributed by atoms with E-state index in [9.17, 15) is 19.7 Å². The highest BCUT2D eigenvalue weighted by molar-refractivity contribution is 7.00. The summed E-state index contributed by atoms with van der Waals surface area (Å²) in [5.74, 6) is -1.35. The van der Waals surface area contributed by atoms with Crippen LogP contribution in [0, 0.1) is 10.1 Å². The number of carbonyl (C=O) groups is 2. The molecule has 2 N–H and O–H groups in total. The fourth-order valence-electron chi connectivity index (χ4n) is 1.85. The average molecular weight is 324 g/mol. The number of carboxylic acids is 1. The van der Waals surface area contributed by atoms with E-state index in [-0.39, 0.29) is 23.2 Å². The molecule has 22 heavy (non-hydrogen) atoms. The van der Waals surface area contributed by atoms with Crippen LogP contribution in [0.5, 0.6) is 0 Å². The lowest BCUT2D eigenvalue weighted by Crippen LogP contribution is -2.24. The molecule has 0 saturated carbocycles. The van der Waals surface area contributed by atoms with Crippen molar-refractivity contribution < 1.29 is 19.6 Å². The molecule has 0 aliphatic heterocycles. The predicted octanol–water partition coefficient (Wildman–Crippen LogP) is 1.58. The summed E-state index contributed by atoms with van der Waals surface area (Å²) in [6.45, 7) is 0.299. The Morgan fingerprint density at radius 2 is 2.09 bits per heavy atom. The van der Waals surface area contributed by atoms with Crippen LogP contribution in [0.4, 0.5) is 5.69 Å². The summed E-state index contributed by atoms with van der Waals surface area (Å²) in [6.07, 6.45) is 1.00. The molecule has 0 atom stereocenters. The van der Waals surface area contributed by atoms with E-state index < -0.39 is 16.8 Å². The molecule has 10 heteroatoms. The standard InChI is InChI=1S/C12H12N4O5S/c17-10(18)3-1-2-4-13-12(19)7-5-8-11(15-22-14-8)9(6-7)16(20)21/h5-6H,1-4H2,(H,13,19)(H,17,18). The molecular formula is C12H12N4O5S. The van der Waals surface area contributed by atoms with Crippen molar-refractivity contribution in [1.29, 1.82) is 0 Å². The molecule has 0 aliphatic rings. The number of rotatable bonds is 7. The largest absolute Gasteiger partial charge is 0.481 e. The highest BCUT2D eigenvalue weighted by Gasteiger charge is 2.19. The second-order valence-electron chi connectivity index (χ2n) is 4.49. The number of amides is 1. The van der Waals surface area contributed by atoms with Crippen molar-refractivity contribution in [3.63, 3.8) is 0 Å². The Hall–Kier alpha value is -2.62. The van der Waals surface area contributed by atoms with Gasteiger partial charge in [-0.1, -0.05) is 0 Å². The SMILES string of the molecule is O=C(O)CCCCNC(=O)c1cc([N+](=O)[O-])c2nsnc2c1. The Morgan fingerprint density at radius 3 is 2.77 bits per heavy atom. The van der Waals surface area contributed by atoms with Gasteiger partial charge in [-0.3, -0.25) is 19.7 Å². The number of hydrogen-bond donors (Lipinski definition) is 2.